The van der Waals surface area contributed by atoms with Crippen molar-refractivity contribution in [2.24, 2.45) is 0 Å². The molecule has 1 aromatic heterocycles. The van der Waals surface area contributed by atoms with Crippen molar-refractivity contribution in [2.45, 2.75) is 63.6 Å². The fourth-order valence-electron chi connectivity index (χ4n) is 4.94. The molecule has 0 N–H and O–H groups in total. The number of aromatic nitrogens is 2. The summed E-state index contributed by atoms with van der Waals surface area (Å²) in [5, 5.41) is 0. The monoisotopic (exact) mass is 378 g/mol. The van der Waals surface area contributed by atoms with E-state index in [1.165, 1.54) is 32.1 Å². The van der Waals surface area contributed by atoms with E-state index in [0.717, 1.165) is 37.6 Å². The van der Waals surface area contributed by atoms with Crippen LogP contribution >= 0.6 is 0 Å². The normalized spacial score (nSPS) is 30.3. The molecule has 2 aliphatic heterocycles. The van der Waals surface area contributed by atoms with E-state index in [2.05, 4.69) is 26.7 Å². The van der Waals surface area contributed by atoms with E-state index in [1.807, 2.05) is 12.4 Å². The maximum absolute atomic E-state index is 12.2. The standard InChI is InChI=1S/C19H30N4O2S/c1-2-22-8-9-23(18-14-26(24,25)13-17(18)22)12-15-10-20-19(21-11-15)16-6-4-3-5-7-16/h10-11,16-18H,2-9,12-14H2,1H3. The zero-order valence-electron chi connectivity index (χ0n) is 15.7. The van der Waals surface area contributed by atoms with Gasteiger partial charge < -0.3 is 0 Å². The van der Waals surface area contributed by atoms with E-state index in [-0.39, 0.29) is 17.8 Å². The highest BCUT2D eigenvalue weighted by molar-refractivity contribution is 7.91. The van der Waals surface area contributed by atoms with E-state index in [1.54, 1.807) is 0 Å². The summed E-state index contributed by atoms with van der Waals surface area (Å²) in [4.78, 5) is 14.0. The van der Waals surface area contributed by atoms with E-state index >= 15 is 0 Å². The molecule has 144 valence electrons. The molecule has 2 atom stereocenters. The minimum absolute atomic E-state index is 0.103. The summed E-state index contributed by atoms with van der Waals surface area (Å²) < 4.78 is 24.4. The molecule has 1 aromatic rings. The van der Waals surface area contributed by atoms with Gasteiger partial charge in [-0.25, -0.2) is 18.4 Å². The Morgan fingerprint density at radius 3 is 2.27 bits per heavy atom. The number of sulfone groups is 1. The van der Waals surface area contributed by atoms with Gasteiger partial charge in [0.1, 0.15) is 5.82 Å². The van der Waals surface area contributed by atoms with Gasteiger partial charge in [-0.05, 0) is 19.4 Å². The van der Waals surface area contributed by atoms with Crippen LogP contribution in [0, 0.1) is 0 Å². The van der Waals surface area contributed by atoms with Gasteiger partial charge in [0.2, 0.25) is 0 Å². The molecule has 4 rings (SSSR count). The predicted octanol–water partition coefficient (Wildman–Crippen LogP) is 1.83. The Bertz CT molecular complexity index is 716. The summed E-state index contributed by atoms with van der Waals surface area (Å²) in [6, 6.07) is 0.243. The second kappa shape index (κ2) is 7.52. The molecular weight excluding hydrogens is 348 g/mol. The lowest BCUT2D eigenvalue weighted by Gasteiger charge is -2.43. The summed E-state index contributed by atoms with van der Waals surface area (Å²) in [5.41, 5.74) is 1.09. The van der Waals surface area contributed by atoms with Crippen molar-refractivity contribution in [2.75, 3.05) is 31.1 Å². The lowest BCUT2D eigenvalue weighted by Crippen LogP contribution is -2.58. The molecule has 0 radical (unpaired) electrons. The second-order valence-corrected chi connectivity index (χ2v) is 10.2. The quantitative estimate of drug-likeness (QED) is 0.796. The van der Waals surface area contributed by atoms with Crippen molar-refractivity contribution < 1.29 is 8.42 Å². The summed E-state index contributed by atoms with van der Waals surface area (Å²) in [5.74, 6) is 2.11. The third-order valence-electron chi connectivity index (χ3n) is 6.39. The Balaban J connectivity index is 1.45. The molecule has 0 amide bonds. The van der Waals surface area contributed by atoms with Crippen molar-refractivity contribution in [3.05, 3.63) is 23.8 Å². The molecular formula is C19H30N4O2S. The van der Waals surface area contributed by atoms with Crippen molar-refractivity contribution in [3.63, 3.8) is 0 Å². The van der Waals surface area contributed by atoms with Gasteiger partial charge in [-0.3, -0.25) is 9.80 Å². The number of likely N-dealkylation sites (N-methyl/N-ethyl adjacent to an activating group) is 1. The van der Waals surface area contributed by atoms with E-state index in [0.29, 0.717) is 11.7 Å². The molecule has 0 spiro atoms. The van der Waals surface area contributed by atoms with Gasteiger partial charge in [0.25, 0.3) is 0 Å². The van der Waals surface area contributed by atoms with Crippen molar-refractivity contribution in [3.8, 4) is 0 Å². The molecule has 2 saturated heterocycles. The van der Waals surface area contributed by atoms with Gasteiger partial charge in [0.15, 0.2) is 9.84 Å². The Kier molecular flexibility index (Phi) is 5.30. The average Bonchev–Trinajstić information content (AvgIpc) is 2.99. The molecule has 3 aliphatic rings. The molecule has 7 heteroatoms. The Labute approximate surface area is 156 Å². The summed E-state index contributed by atoms with van der Waals surface area (Å²) >= 11 is 0. The lowest BCUT2D eigenvalue weighted by atomic mass is 9.89. The molecule has 3 fully saturated rings. The van der Waals surface area contributed by atoms with Crippen molar-refractivity contribution >= 4 is 9.84 Å². The Morgan fingerprint density at radius 1 is 1.00 bits per heavy atom. The van der Waals surface area contributed by atoms with Crippen LogP contribution < -0.4 is 0 Å². The minimum Gasteiger partial charge on any atom is -0.297 e. The zero-order valence-corrected chi connectivity index (χ0v) is 16.5. The van der Waals surface area contributed by atoms with Crippen LogP contribution in [-0.2, 0) is 16.4 Å². The summed E-state index contributed by atoms with van der Waals surface area (Å²) in [6.45, 7) is 5.64. The van der Waals surface area contributed by atoms with Gasteiger partial charge in [0.05, 0.1) is 11.5 Å². The molecule has 3 heterocycles. The third-order valence-corrected chi connectivity index (χ3v) is 8.09. The SMILES string of the molecule is CCN1CCN(Cc2cnc(C3CCCCC3)nc2)C2CS(=O)(=O)CC21. The van der Waals surface area contributed by atoms with Crippen LogP contribution in [0.2, 0.25) is 0 Å². The number of hydrogen-bond donors (Lipinski definition) is 0. The van der Waals surface area contributed by atoms with E-state index < -0.39 is 9.84 Å². The molecule has 2 unspecified atom stereocenters. The first kappa shape index (κ1) is 18.3. The molecule has 26 heavy (non-hydrogen) atoms. The number of piperazine rings is 1. The number of hydrogen-bond acceptors (Lipinski definition) is 6. The van der Waals surface area contributed by atoms with Gasteiger partial charge in [-0.2, -0.15) is 0 Å². The Hall–Kier alpha value is -1.05. The van der Waals surface area contributed by atoms with Crippen LogP contribution in [0.1, 0.15) is 56.3 Å². The molecule has 6 nitrogen and oxygen atoms in total. The first-order chi connectivity index (χ1) is 12.6. The molecule has 0 aromatic carbocycles. The maximum atomic E-state index is 12.2. The molecule has 0 bridgehead atoms. The first-order valence-electron chi connectivity index (χ1n) is 10.0. The first-order valence-corrected chi connectivity index (χ1v) is 11.9. The Morgan fingerprint density at radius 2 is 1.62 bits per heavy atom. The van der Waals surface area contributed by atoms with Crippen LogP contribution in [0.5, 0.6) is 0 Å². The van der Waals surface area contributed by atoms with Crippen LogP contribution in [0.3, 0.4) is 0 Å². The van der Waals surface area contributed by atoms with Gasteiger partial charge in [-0.15, -0.1) is 0 Å². The largest absolute Gasteiger partial charge is 0.297 e. The fourth-order valence-corrected chi connectivity index (χ4v) is 6.98. The number of rotatable bonds is 4. The smallest absolute Gasteiger partial charge is 0.153 e. The fraction of sp³-hybridized carbons (Fsp3) is 0.789. The highest BCUT2D eigenvalue weighted by Gasteiger charge is 2.45. The predicted molar refractivity (Wildman–Crippen MR) is 102 cm³/mol. The maximum Gasteiger partial charge on any atom is 0.153 e. The number of nitrogens with zero attached hydrogens (tertiary/aromatic N) is 4. The second-order valence-electron chi connectivity index (χ2n) is 8.10. The van der Waals surface area contributed by atoms with Crippen LogP contribution in [-0.4, -0.2) is 71.4 Å². The molecule has 1 aliphatic carbocycles. The van der Waals surface area contributed by atoms with Crippen molar-refractivity contribution in [1.29, 1.82) is 0 Å². The lowest BCUT2D eigenvalue weighted by molar-refractivity contribution is 0.0438. The van der Waals surface area contributed by atoms with Gasteiger partial charge >= 0.3 is 0 Å². The van der Waals surface area contributed by atoms with E-state index in [9.17, 15) is 8.42 Å². The van der Waals surface area contributed by atoms with Crippen LogP contribution in [0.25, 0.3) is 0 Å². The van der Waals surface area contributed by atoms with Crippen LogP contribution in [0.15, 0.2) is 12.4 Å². The summed E-state index contributed by atoms with van der Waals surface area (Å²) in [6.07, 6.45) is 10.2. The molecule has 1 saturated carbocycles. The topological polar surface area (TPSA) is 66.4 Å². The highest BCUT2D eigenvalue weighted by atomic mass is 32.2. The average molecular weight is 379 g/mol. The summed E-state index contributed by atoms with van der Waals surface area (Å²) in [7, 11) is -2.93. The van der Waals surface area contributed by atoms with Crippen LogP contribution in [0.4, 0.5) is 0 Å². The van der Waals surface area contributed by atoms with Crippen molar-refractivity contribution in [1.82, 2.24) is 19.8 Å². The minimum atomic E-state index is -2.93. The van der Waals surface area contributed by atoms with Gasteiger partial charge in [-0.1, -0.05) is 26.2 Å². The highest BCUT2D eigenvalue weighted by Crippen LogP contribution is 2.31. The van der Waals surface area contributed by atoms with Gasteiger partial charge in [0, 0.05) is 55.6 Å². The van der Waals surface area contributed by atoms with E-state index in [4.69, 9.17) is 0 Å². The zero-order chi connectivity index (χ0) is 18.1. The third kappa shape index (κ3) is 3.80. The number of fused-ring (bicyclic) bond motifs is 1.